The van der Waals surface area contributed by atoms with Crippen molar-refractivity contribution in [3.63, 3.8) is 0 Å². The van der Waals surface area contributed by atoms with Crippen LogP contribution in [0.5, 0.6) is 0 Å². The van der Waals surface area contributed by atoms with Crippen LogP contribution in [-0.2, 0) is 0 Å². The Kier molecular flexibility index (Phi) is 4.15. The largest absolute Gasteiger partial charge is 0.389 e. The van der Waals surface area contributed by atoms with Crippen molar-refractivity contribution >= 4 is 0 Å². The normalized spacial score (nSPS) is 39.8. The van der Waals surface area contributed by atoms with Gasteiger partial charge < -0.3 is 10.0 Å². The zero-order valence-electron chi connectivity index (χ0n) is 12.2. The van der Waals surface area contributed by atoms with Gasteiger partial charge in [-0.15, -0.1) is 0 Å². The summed E-state index contributed by atoms with van der Waals surface area (Å²) in [5, 5.41) is 10.7. The molecule has 1 aliphatic carbocycles. The lowest BCUT2D eigenvalue weighted by molar-refractivity contribution is -0.0784. The van der Waals surface area contributed by atoms with Crippen LogP contribution in [0, 0.1) is 5.92 Å². The molecule has 18 heavy (non-hydrogen) atoms. The molecule has 2 fully saturated rings. The number of nitrogens with zero attached hydrogens (tertiary/aromatic N) is 2. The van der Waals surface area contributed by atoms with Crippen molar-refractivity contribution in [3.05, 3.63) is 12.2 Å². The van der Waals surface area contributed by atoms with Gasteiger partial charge in [0.1, 0.15) is 0 Å². The number of rotatable bonds is 2. The molecule has 0 aromatic carbocycles. The zero-order valence-corrected chi connectivity index (χ0v) is 12.2. The molecule has 1 saturated carbocycles. The Balaban J connectivity index is 2.04. The van der Waals surface area contributed by atoms with Gasteiger partial charge in [0.15, 0.2) is 0 Å². The first-order chi connectivity index (χ1) is 8.40. The van der Waals surface area contributed by atoms with Crippen molar-refractivity contribution in [1.29, 1.82) is 0 Å². The number of piperazine rings is 1. The van der Waals surface area contributed by atoms with E-state index in [-0.39, 0.29) is 0 Å². The average Bonchev–Trinajstić information content (AvgIpc) is 2.30. The van der Waals surface area contributed by atoms with E-state index >= 15 is 0 Å². The fourth-order valence-corrected chi connectivity index (χ4v) is 3.40. The average molecular weight is 252 g/mol. The van der Waals surface area contributed by atoms with Crippen molar-refractivity contribution in [2.24, 2.45) is 5.92 Å². The van der Waals surface area contributed by atoms with Crippen LogP contribution in [-0.4, -0.2) is 59.8 Å². The highest BCUT2D eigenvalue weighted by Crippen LogP contribution is 2.38. The summed E-state index contributed by atoms with van der Waals surface area (Å²) in [7, 11) is 2.17. The zero-order chi connectivity index (χ0) is 13.3. The molecular formula is C15H28N2O. The van der Waals surface area contributed by atoms with Crippen LogP contribution in [0.1, 0.15) is 33.1 Å². The third-order valence-corrected chi connectivity index (χ3v) is 4.90. The van der Waals surface area contributed by atoms with Crippen LogP contribution in [0.4, 0.5) is 0 Å². The highest BCUT2D eigenvalue weighted by Gasteiger charge is 2.42. The van der Waals surface area contributed by atoms with E-state index in [2.05, 4.69) is 30.4 Å². The minimum Gasteiger partial charge on any atom is -0.389 e. The summed E-state index contributed by atoms with van der Waals surface area (Å²) in [6.45, 7) is 12.7. The third kappa shape index (κ3) is 2.95. The molecule has 3 heteroatoms. The standard InChI is InChI=1S/C15H28N2O/c1-12(2)13-5-6-15(3,18)14(11-13)17-9-7-16(4)8-10-17/h13-14,18H,1,5-11H2,2-4H3/t13-,14+,15+/m1/s1. The van der Waals surface area contributed by atoms with Gasteiger partial charge in [0.2, 0.25) is 0 Å². The highest BCUT2D eigenvalue weighted by atomic mass is 16.3. The van der Waals surface area contributed by atoms with E-state index in [0.29, 0.717) is 12.0 Å². The van der Waals surface area contributed by atoms with Crippen molar-refractivity contribution in [2.75, 3.05) is 33.2 Å². The molecule has 1 aliphatic heterocycles. The van der Waals surface area contributed by atoms with Crippen LogP contribution in [0.25, 0.3) is 0 Å². The lowest BCUT2D eigenvalue weighted by atomic mass is 9.73. The first-order valence-electron chi connectivity index (χ1n) is 7.20. The van der Waals surface area contributed by atoms with Crippen molar-refractivity contribution in [1.82, 2.24) is 9.80 Å². The second kappa shape index (κ2) is 5.32. The first kappa shape index (κ1) is 14.0. The molecule has 0 aromatic rings. The summed E-state index contributed by atoms with van der Waals surface area (Å²) in [5.41, 5.74) is 0.756. The van der Waals surface area contributed by atoms with Gasteiger partial charge in [-0.05, 0) is 46.1 Å². The molecule has 0 aromatic heterocycles. The number of aliphatic hydroxyl groups is 1. The van der Waals surface area contributed by atoms with Crippen LogP contribution in [0.3, 0.4) is 0 Å². The maximum absolute atomic E-state index is 10.7. The molecule has 0 radical (unpaired) electrons. The van der Waals surface area contributed by atoms with E-state index < -0.39 is 5.60 Å². The molecule has 0 bridgehead atoms. The Hall–Kier alpha value is -0.380. The van der Waals surface area contributed by atoms with Crippen LogP contribution >= 0.6 is 0 Å². The van der Waals surface area contributed by atoms with Gasteiger partial charge in [-0.3, -0.25) is 4.90 Å². The van der Waals surface area contributed by atoms with E-state index in [1.54, 1.807) is 0 Å². The molecule has 0 spiro atoms. The number of hydrogen-bond acceptors (Lipinski definition) is 3. The number of likely N-dealkylation sites (N-methyl/N-ethyl adjacent to an activating group) is 1. The molecule has 2 aliphatic rings. The van der Waals surface area contributed by atoms with Crippen LogP contribution < -0.4 is 0 Å². The Morgan fingerprint density at radius 1 is 1.28 bits per heavy atom. The van der Waals surface area contributed by atoms with E-state index in [1.807, 2.05) is 6.92 Å². The third-order valence-electron chi connectivity index (χ3n) is 4.90. The van der Waals surface area contributed by atoms with Gasteiger partial charge in [-0.2, -0.15) is 0 Å². The van der Waals surface area contributed by atoms with Crippen LogP contribution in [0.2, 0.25) is 0 Å². The Bertz CT molecular complexity index is 306. The maximum Gasteiger partial charge on any atom is 0.0774 e. The number of allylic oxidation sites excluding steroid dienone is 1. The SMILES string of the molecule is C=C(C)[C@@H]1CC[C@](C)(O)[C@@H](N2CCN(C)CC2)C1. The second-order valence-corrected chi connectivity index (χ2v) is 6.53. The smallest absolute Gasteiger partial charge is 0.0774 e. The molecule has 104 valence electrons. The van der Waals surface area contributed by atoms with E-state index in [1.165, 1.54) is 5.57 Å². The van der Waals surface area contributed by atoms with E-state index in [0.717, 1.165) is 45.4 Å². The Morgan fingerprint density at radius 2 is 1.89 bits per heavy atom. The molecule has 0 unspecified atom stereocenters. The Labute approximate surface area is 111 Å². The molecular weight excluding hydrogens is 224 g/mol. The van der Waals surface area contributed by atoms with Gasteiger partial charge in [0.25, 0.3) is 0 Å². The van der Waals surface area contributed by atoms with Crippen molar-refractivity contribution in [2.45, 2.75) is 44.8 Å². The Morgan fingerprint density at radius 3 is 2.44 bits per heavy atom. The predicted octanol–water partition coefficient (Wildman–Crippen LogP) is 1.73. The summed E-state index contributed by atoms with van der Waals surface area (Å²) in [6.07, 6.45) is 3.07. The molecule has 2 rings (SSSR count). The fourth-order valence-electron chi connectivity index (χ4n) is 3.40. The van der Waals surface area contributed by atoms with E-state index in [9.17, 15) is 5.11 Å². The van der Waals surface area contributed by atoms with Gasteiger partial charge in [0.05, 0.1) is 5.60 Å². The lowest BCUT2D eigenvalue weighted by Crippen LogP contribution is -2.59. The summed E-state index contributed by atoms with van der Waals surface area (Å²) in [5.74, 6) is 0.592. The topological polar surface area (TPSA) is 26.7 Å². The summed E-state index contributed by atoms with van der Waals surface area (Å²) < 4.78 is 0. The maximum atomic E-state index is 10.7. The van der Waals surface area contributed by atoms with Gasteiger partial charge in [0, 0.05) is 32.2 Å². The lowest BCUT2D eigenvalue weighted by Gasteiger charge is -2.48. The monoisotopic (exact) mass is 252 g/mol. The van der Waals surface area contributed by atoms with Crippen molar-refractivity contribution in [3.8, 4) is 0 Å². The summed E-state index contributed by atoms with van der Waals surface area (Å²) in [6, 6.07) is 0.307. The van der Waals surface area contributed by atoms with Gasteiger partial charge >= 0.3 is 0 Å². The summed E-state index contributed by atoms with van der Waals surface area (Å²) in [4.78, 5) is 4.86. The highest BCUT2D eigenvalue weighted by molar-refractivity contribution is 5.05. The van der Waals surface area contributed by atoms with Crippen molar-refractivity contribution < 1.29 is 5.11 Å². The van der Waals surface area contributed by atoms with Gasteiger partial charge in [-0.25, -0.2) is 0 Å². The quantitative estimate of drug-likeness (QED) is 0.758. The molecule has 3 nitrogen and oxygen atoms in total. The van der Waals surface area contributed by atoms with E-state index in [4.69, 9.17) is 0 Å². The molecule has 1 heterocycles. The fraction of sp³-hybridized carbons (Fsp3) is 0.867. The molecule has 3 atom stereocenters. The van der Waals surface area contributed by atoms with Gasteiger partial charge in [-0.1, -0.05) is 12.2 Å². The first-order valence-corrected chi connectivity index (χ1v) is 7.20. The predicted molar refractivity (Wildman–Crippen MR) is 75.6 cm³/mol. The molecule has 0 amide bonds. The minimum absolute atomic E-state index is 0.307. The second-order valence-electron chi connectivity index (χ2n) is 6.53. The summed E-state index contributed by atoms with van der Waals surface area (Å²) >= 11 is 0. The minimum atomic E-state index is -0.526. The number of hydrogen-bond donors (Lipinski definition) is 1. The molecule has 1 N–H and O–H groups in total. The molecule has 1 saturated heterocycles. The van der Waals surface area contributed by atoms with Crippen LogP contribution in [0.15, 0.2) is 12.2 Å².